The Morgan fingerprint density at radius 2 is 1.55 bits per heavy atom. The minimum atomic E-state index is -3.17. The van der Waals surface area contributed by atoms with E-state index in [0.717, 1.165) is 5.56 Å². The van der Waals surface area contributed by atoms with E-state index in [4.69, 9.17) is 10.5 Å². The Hall–Kier alpha value is -2.01. The summed E-state index contributed by atoms with van der Waals surface area (Å²) in [6, 6.07) is 13.9. The predicted octanol–water partition coefficient (Wildman–Crippen LogP) is 2.81. The van der Waals surface area contributed by atoms with Gasteiger partial charge in [0, 0.05) is 11.9 Å². The van der Waals surface area contributed by atoms with Crippen LogP contribution in [0.15, 0.2) is 53.4 Å². The number of benzene rings is 2. The average Bonchev–Trinajstić information content (AvgIpc) is 2.39. The molecule has 106 valence electrons. The molecule has 2 aromatic carbocycles. The molecule has 2 aromatic rings. The molecule has 1 unspecified atom stereocenters. The van der Waals surface area contributed by atoms with Gasteiger partial charge in [0.05, 0.1) is 4.90 Å². The van der Waals surface area contributed by atoms with Crippen LogP contribution in [0, 0.1) is 0 Å². The Bertz CT molecular complexity index is 676. The van der Waals surface area contributed by atoms with Gasteiger partial charge in [0.1, 0.15) is 11.9 Å². The summed E-state index contributed by atoms with van der Waals surface area (Å²) in [6.07, 6.45) is 1.04. The first-order valence-corrected chi connectivity index (χ1v) is 8.07. The number of nitrogen functional groups attached to an aromatic ring is 1. The summed E-state index contributed by atoms with van der Waals surface area (Å²) in [5.74, 6) is 0.627. The number of hydrogen-bond acceptors (Lipinski definition) is 4. The van der Waals surface area contributed by atoms with E-state index in [1.807, 2.05) is 31.2 Å². The third-order valence-corrected chi connectivity index (χ3v) is 4.10. The van der Waals surface area contributed by atoms with Crippen LogP contribution in [-0.2, 0) is 9.84 Å². The summed E-state index contributed by atoms with van der Waals surface area (Å²) in [7, 11) is -3.17. The molecule has 0 aliphatic rings. The summed E-state index contributed by atoms with van der Waals surface area (Å²) in [5, 5.41) is 0. The Labute approximate surface area is 119 Å². The first kappa shape index (κ1) is 14.4. The molecular formula is C15H17NO3S. The summed E-state index contributed by atoms with van der Waals surface area (Å²) in [4.78, 5) is 0.282. The molecule has 0 heterocycles. The number of ether oxygens (including phenoxy) is 1. The van der Waals surface area contributed by atoms with Crippen LogP contribution >= 0.6 is 0 Å². The van der Waals surface area contributed by atoms with Crippen LogP contribution in [0.3, 0.4) is 0 Å². The van der Waals surface area contributed by atoms with E-state index in [9.17, 15) is 8.42 Å². The normalized spacial score (nSPS) is 12.9. The summed E-state index contributed by atoms with van der Waals surface area (Å²) in [5.41, 5.74) is 7.35. The molecular weight excluding hydrogens is 274 g/mol. The van der Waals surface area contributed by atoms with Gasteiger partial charge in [-0.2, -0.15) is 0 Å². The third-order valence-electron chi connectivity index (χ3n) is 2.97. The van der Waals surface area contributed by atoms with Gasteiger partial charge in [-0.25, -0.2) is 8.42 Å². The van der Waals surface area contributed by atoms with Crippen molar-refractivity contribution in [2.75, 3.05) is 12.0 Å². The lowest BCUT2D eigenvalue weighted by Crippen LogP contribution is -2.03. The molecule has 0 bridgehead atoms. The predicted molar refractivity (Wildman–Crippen MR) is 79.4 cm³/mol. The fourth-order valence-electron chi connectivity index (χ4n) is 1.80. The van der Waals surface area contributed by atoms with Crippen molar-refractivity contribution in [2.24, 2.45) is 0 Å². The molecule has 0 aliphatic carbocycles. The zero-order valence-electron chi connectivity index (χ0n) is 11.4. The molecule has 0 amide bonds. The molecule has 0 spiro atoms. The number of hydrogen-bond donors (Lipinski definition) is 1. The van der Waals surface area contributed by atoms with Crippen molar-refractivity contribution in [2.45, 2.75) is 17.9 Å². The Morgan fingerprint density at radius 3 is 2.05 bits per heavy atom. The highest BCUT2D eigenvalue weighted by molar-refractivity contribution is 7.90. The quantitative estimate of drug-likeness (QED) is 0.879. The molecule has 0 saturated heterocycles. The third kappa shape index (κ3) is 3.51. The van der Waals surface area contributed by atoms with Crippen LogP contribution in [0.1, 0.15) is 18.6 Å². The lowest BCUT2D eigenvalue weighted by Gasteiger charge is -2.15. The molecule has 2 rings (SSSR count). The minimum absolute atomic E-state index is 0.139. The molecule has 0 aliphatic heterocycles. The monoisotopic (exact) mass is 291 g/mol. The second-order valence-corrected chi connectivity index (χ2v) is 6.69. The van der Waals surface area contributed by atoms with Gasteiger partial charge in [0.25, 0.3) is 0 Å². The van der Waals surface area contributed by atoms with Crippen LogP contribution in [0.2, 0.25) is 0 Å². The smallest absolute Gasteiger partial charge is 0.175 e. The number of nitrogens with two attached hydrogens (primary N) is 1. The summed E-state index contributed by atoms with van der Waals surface area (Å²) in [6.45, 7) is 1.93. The zero-order valence-corrected chi connectivity index (χ0v) is 12.2. The van der Waals surface area contributed by atoms with Crippen LogP contribution in [-0.4, -0.2) is 14.7 Å². The van der Waals surface area contributed by atoms with Gasteiger partial charge in [-0.05, 0) is 48.9 Å². The largest absolute Gasteiger partial charge is 0.486 e. The lowest BCUT2D eigenvalue weighted by atomic mass is 10.1. The summed E-state index contributed by atoms with van der Waals surface area (Å²) < 4.78 is 28.5. The van der Waals surface area contributed by atoms with Gasteiger partial charge >= 0.3 is 0 Å². The van der Waals surface area contributed by atoms with Gasteiger partial charge in [-0.1, -0.05) is 12.1 Å². The van der Waals surface area contributed by atoms with Crippen molar-refractivity contribution in [1.82, 2.24) is 0 Å². The van der Waals surface area contributed by atoms with Crippen LogP contribution in [0.4, 0.5) is 5.69 Å². The zero-order chi connectivity index (χ0) is 14.8. The van der Waals surface area contributed by atoms with Gasteiger partial charge in [-0.3, -0.25) is 0 Å². The van der Waals surface area contributed by atoms with Crippen molar-refractivity contribution in [3.63, 3.8) is 0 Å². The van der Waals surface area contributed by atoms with E-state index in [0.29, 0.717) is 11.4 Å². The molecule has 1 atom stereocenters. The summed E-state index contributed by atoms with van der Waals surface area (Å²) >= 11 is 0. The molecule has 20 heavy (non-hydrogen) atoms. The molecule has 0 aromatic heterocycles. The fourth-order valence-corrected chi connectivity index (χ4v) is 2.44. The Morgan fingerprint density at radius 1 is 1.00 bits per heavy atom. The van der Waals surface area contributed by atoms with Gasteiger partial charge in [0.15, 0.2) is 9.84 Å². The maximum atomic E-state index is 11.4. The number of rotatable bonds is 4. The van der Waals surface area contributed by atoms with Gasteiger partial charge in [0.2, 0.25) is 0 Å². The molecule has 0 saturated carbocycles. The van der Waals surface area contributed by atoms with Crippen LogP contribution < -0.4 is 10.5 Å². The maximum absolute atomic E-state index is 11.4. The second kappa shape index (κ2) is 5.54. The van der Waals surface area contributed by atoms with E-state index in [1.165, 1.54) is 6.26 Å². The van der Waals surface area contributed by atoms with E-state index in [-0.39, 0.29) is 11.0 Å². The van der Waals surface area contributed by atoms with Crippen molar-refractivity contribution in [3.8, 4) is 5.75 Å². The number of anilines is 1. The van der Waals surface area contributed by atoms with Gasteiger partial charge < -0.3 is 10.5 Å². The lowest BCUT2D eigenvalue weighted by molar-refractivity contribution is 0.227. The first-order valence-electron chi connectivity index (χ1n) is 6.18. The Kier molecular flexibility index (Phi) is 3.99. The molecule has 5 heteroatoms. The highest BCUT2D eigenvalue weighted by Gasteiger charge is 2.09. The van der Waals surface area contributed by atoms with Crippen molar-refractivity contribution in [1.29, 1.82) is 0 Å². The standard InChI is InChI=1S/C15H17NO3S/c1-11(12-3-5-13(16)6-4-12)19-14-7-9-15(10-8-14)20(2,17)18/h3-11H,16H2,1-2H3. The SMILES string of the molecule is CC(Oc1ccc(S(C)(=O)=O)cc1)c1ccc(N)cc1. The van der Waals surface area contributed by atoms with Crippen molar-refractivity contribution < 1.29 is 13.2 Å². The van der Waals surface area contributed by atoms with Crippen molar-refractivity contribution in [3.05, 3.63) is 54.1 Å². The molecule has 2 N–H and O–H groups in total. The van der Waals surface area contributed by atoms with Crippen LogP contribution in [0.25, 0.3) is 0 Å². The molecule has 0 fully saturated rings. The highest BCUT2D eigenvalue weighted by Crippen LogP contribution is 2.23. The average molecular weight is 291 g/mol. The maximum Gasteiger partial charge on any atom is 0.175 e. The Balaban J connectivity index is 2.12. The molecule has 4 nitrogen and oxygen atoms in total. The first-order chi connectivity index (χ1) is 9.36. The van der Waals surface area contributed by atoms with E-state index < -0.39 is 9.84 Å². The fraction of sp³-hybridized carbons (Fsp3) is 0.200. The molecule has 0 radical (unpaired) electrons. The minimum Gasteiger partial charge on any atom is -0.486 e. The number of sulfone groups is 1. The van der Waals surface area contributed by atoms with Crippen LogP contribution in [0.5, 0.6) is 5.75 Å². The van der Waals surface area contributed by atoms with E-state index in [2.05, 4.69) is 0 Å². The highest BCUT2D eigenvalue weighted by atomic mass is 32.2. The van der Waals surface area contributed by atoms with Crippen molar-refractivity contribution >= 4 is 15.5 Å². The second-order valence-electron chi connectivity index (χ2n) is 4.67. The van der Waals surface area contributed by atoms with Gasteiger partial charge in [-0.15, -0.1) is 0 Å². The van der Waals surface area contributed by atoms with E-state index in [1.54, 1.807) is 24.3 Å². The van der Waals surface area contributed by atoms with E-state index >= 15 is 0 Å². The topological polar surface area (TPSA) is 69.4 Å².